The molecule has 0 aromatic heterocycles. The summed E-state index contributed by atoms with van der Waals surface area (Å²) in [5.74, 6) is 1.01. The molecule has 1 amide bonds. The largest absolute Gasteiger partial charge is 0.497 e. The second-order valence-corrected chi connectivity index (χ2v) is 5.28. The second kappa shape index (κ2) is 7.84. The molecule has 2 rings (SSSR count). The molecule has 1 fully saturated rings. The maximum absolute atomic E-state index is 11.8. The van der Waals surface area contributed by atoms with Gasteiger partial charge >= 0.3 is 0 Å². The Morgan fingerprint density at radius 1 is 1.52 bits per heavy atom. The molecular weight excluding hydrogens is 264 g/mol. The van der Waals surface area contributed by atoms with Crippen LogP contribution in [0.5, 0.6) is 5.75 Å². The first-order chi connectivity index (χ1) is 10.2. The van der Waals surface area contributed by atoms with Crippen LogP contribution in [0.25, 0.3) is 6.08 Å². The topological polar surface area (TPSA) is 41.6 Å². The lowest BCUT2D eigenvalue weighted by Gasteiger charge is -2.22. The Hall–Kier alpha value is -1.81. The van der Waals surface area contributed by atoms with Crippen molar-refractivity contribution < 1.29 is 9.53 Å². The smallest absolute Gasteiger partial charge is 0.237 e. The Balaban J connectivity index is 1.83. The third-order valence-corrected chi connectivity index (χ3v) is 3.90. The van der Waals surface area contributed by atoms with Crippen molar-refractivity contribution in [1.29, 1.82) is 0 Å². The van der Waals surface area contributed by atoms with Gasteiger partial charge < -0.3 is 10.1 Å². The van der Waals surface area contributed by atoms with Gasteiger partial charge in [-0.1, -0.05) is 24.3 Å². The van der Waals surface area contributed by atoms with Crippen molar-refractivity contribution in [3.63, 3.8) is 0 Å². The summed E-state index contributed by atoms with van der Waals surface area (Å²) >= 11 is 0. The molecule has 21 heavy (non-hydrogen) atoms. The van der Waals surface area contributed by atoms with Crippen LogP contribution >= 0.6 is 0 Å². The van der Waals surface area contributed by atoms with E-state index in [1.807, 2.05) is 18.2 Å². The van der Waals surface area contributed by atoms with Crippen molar-refractivity contribution >= 4 is 12.0 Å². The van der Waals surface area contributed by atoms with Crippen LogP contribution < -0.4 is 10.1 Å². The molecule has 1 aromatic carbocycles. The average Bonchev–Trinajstić information content (AvgIpc) is 2.99. The SMILES string of the molecule is CNC(=O)[C@H]1CCCN1CC/C=C/c1cccc(OC)c1. The second-order valence-electron chi connectivity index (χ2n) is 5.28. The summed E-state index contributed by atoms with van der Waals surface area (Å²) in [6.07, 6.45) is 7.29. The quantitative estimate of drug-likeness (QED) is 0.873. The fourth-order valence-corrected chi connectivity index (χ4v) is 2.76. The number of benzene rings is 1. The summed E-state index contributed by atoms with van der Waals surface area (Å²) in [7, 11) is 3.39. The van der Waals surface area contributed by atoms with Crippen molar-refractivity contribution in [2.24, 2.45) is 0 Å². The highest BCUT2D eigenvalue weighted by atomic mass is 16.5. The van der Waals surface area contributed by atoms with Gasteiger partial charge in [-0.2, -0.15) is 0 Å². The van der Waals surface area contributed by atoms with Gasteiger partial charge in [0.1, 0.15) is 5.75 Å². The van der Waals surface area contributed by atoms with E-state index in [0.29, 0.717) is 0 Å². The monoisotopic (exact) mass is 288 g/mol. The van der Waals surface area contributed by atoms with Crippen molar-refractivity contribution in [1.82, 2.24) is 10.2 Å². The van der Waals surface area contributed by atoms with Crippen LogP contribution in [-0.2, 0) is 4.79 Å². The fourth-order valence-electron chi connectivity index (χ4n) is 2.76. The molecule has 4 heteroatoms. The standard InChI is InChI=1S/C17H24N2O2/c1-18-17(20)16-10-6-12-19(16)11-4-3-7-14-8-5-9-15(13-14)21-2/h3,5,7-9,13,16H,4,6,10-12H2,1-2H3,(H,18,20)/b7-3+/t16-/m1/s1. The average molecular weight is 288 g/mol. The molecular formula is C17H24N2O2. The lowest BCUT2D eigenvalue weighted by atomic mass is 10.2. The highest BCUT2D eigenvalue weighted by Crippen LogP contribution is 2.18. The zero-order valence-corrected chi connectivity index (χ0v) is 12.8. The number of hydrogen-bond acceptors (Lipinski definition) is 3. The van der Waals surface area contributed by atoms with E-state index in [0.717, 1.165) is 43.7 Å². The summed E-state index contributed by atoms with van der Waals surface area (Å²) in [6, 6.07) is 8.05. The minimum Gasteiger partial charge on any atom is -0.497 e. The van der Waals surface area contributed by atoms with Gasteiger partial charge in [0.15, 0.2) is 0 Å². The van der Waals surface area contributed by atoms with Crippen LogP contribution in [-0.4, -0.2) is 44.1 Å². The molecule has 0 spiro atoms. The summed E-state index contributed by atoms with van der Waals surface area (Å²) in [5.41, 5.74) is 1.14. The highest BCUT2D eigenvalue weighted by molar-refractivity contribution is 5.81. The highest BCUT2D eigenvalue weighted by Gasteiger charge is 2.28. The summed E-state index contributed by atoms with van der Waals surface area (Å²) in [6.45, 7) is 1.95. The first kappa shape index (κ1) is 15.6. The maximum atomic E-state index is 11.8. The number of carbonyl (C=O) groups is 1. The van der Waals surface area contributed by atoms with Gasteiger partial charge in [0, 0.05) is 13.6 Å². The van der Waals surface area contributed by atoms with E-state index in [2.05, 4.69) is 28.4 Å². The maximum Gasteiger partial charge on any atom is 0.237 e. The summed E-state index contributed by atoms with van der Waals surface area (Å²) in [4.78, 5) is 14.0. The molecule has 0 bridgehead atoms. The lowest BCUT2D eigenvalue weighted by molar-refractivity contribution is -0.124. The molecule has 1 heterocycles. The zero-order valence-electron chi connectivity index (χ0n) is 12.8. The minimum atomic E-state index is 0.0558. The van der Waals surface area contributed by atoms with Gasteiger partial charge in [0.25, 0.3) is 0 Å². The summed E-state index contributed by atoms with van der Waals surface area (Å²) in [5, 5.41) is 2.75. The molecule has 0 radical (unpaired) electrons. The first-order valence-corrected chi connectivity index (χ1v) is 7.51. The number of hydrogen-bond donors (Lipinski definition) is 1. The number of nitrogens with zero attached hydrogens (tertiary/aromatic N) is 1. The number of nitrogens with one attached hydrogen (secondary N) is 1. The molecule has 1 saturated heterocycles. The van der Waals surface area contributed by atoms with Crippen LogP contribution in [0.2, 0.25) is 0 Å². The number of carbonyl (C=O) groups excluding carboxylic acids is 1. The lowest BCUT2D eigenvalue weighted by Crippen LogP contribution is -2.42. The van der Waals surface area contributed by atoms with Gasteiger partial charge in [-0.3, -0.25) is 9.69 Å². The Kier molecular flexibility index (Phi) is 5.81. The predicted molar refractivity (Wildman–Crippen MR) is 85.3 cm³/mol. The Labute approximate surface area is 126 Å². The third-order valence-electron chi connectivity index (χ3n) is 3.90. The molecule has 114 valence electrons. The number of methoxy groups -OCH3 is 1. The van der Waals surface area contributed by atoms with Gasteiger partial charge in [-0.15, -0.1) is 0 Å². The van der Waals surface area contributed by atoms with Crippen LogP contribution in [0, 0.1) is 0 Å². The van der Waals surface area contributed by atoms with E-state index in [1.54, 1.807) is 14.2 Å². The summed E-state index contributed by atoms with van der Waals surface area (Å²) < 4.78 is 5.21. The van der Waals surface area contributed by atoms with Gasteiger partial charge in [0.2, 0.25) is 5.91 Å². The minimum absolute atomic E-state index is 0.0558. The molecule has 4 nitrogen and oxygen atoms in total. The first-order valence-electron chi connectivity index (χ1n) is 7.51. The zero-order chi connectivity index (χ0) is 15.1. The molecule has 1 N–H and O–H groups in total. The predicted octanol–water partition coefficient (Wildman–Crippen LogP) is 2.31. The Bertz CT molecular complexity index is 499. The van der Waals surface area contributed by atoms with E-state index < -0.39 is 0 Å². The number of amides is 1. The van der Waals surface area contributed by atoms with Gasteiger partial charge in [-0.05, 0) is 43.5 Å². The normalized spacial score (nSPS) is 19.0. The van der Waals surface area contributed by atoms with E-state index in [4.69, 9.17) is 4.74 Å². The Morgan fingerprint density at radius 2 is 2.38 bits per heavy atom. The Morgan fingerprint density at radius 3 is 3.14 bits per heavy atom. The van der Waals surface area contributed by atoms with Crippen molar-refractivity contribution in [2.75, 3.05) is 27.2 Å². The molecule has 0 unspecified atom stereocenters. The van der Waals surface area contributed by atoms with Crippen LogP contribution in [0.3, 0.4) is 0 Å². The molecule has 0 aliphatic carbocycles. The van der Waals surface area contributed by atoms with Crippen molar-refractivity contribution in [3.05, 3.63) is 35.9 Å². The molecule has 1 aliphatic rings. The van der Waals surface area contributed by atoms with E-state index in [-0.39, 0.29) is 11.9 Å². The van der Waals surface area contributed by atoms with Crippen LogP contribution in [0.1, 0.15) is 24.8 Å². The number of rotatable bonds is 6. The van der Waals surface area contributed by atoms with E-state index in [9.17, 15) is 4.79 Å². The number of likely N-dealkylation sites (N-methyl/N-ethyl adjacent to an activating group) is 1. The van der Waals surface area contributed by atoms with E-state index in [1.165, 1.54) is 0 Å². The van der Waals surface area contributed by atoms with Gasteiger partial charge in [0.05, 0.1) is 13.2 Å². The van der Waals surface area contributed by atoms with Crippen LogP contribution in [0.15, 0.2) is 30.3 Å². The molecule has 1 aromatic rings. The molecule has 0 saturated carbocycles. The van der Waals surface area contributed by atoms with E-state index >= 15 is 0 Å². The number of likely N-dealkylation sites (tertiary alicyclic amines) is 1. The van der Waals surface area contributed by atoms with Crippen molar-refractivity contribution in [2.45, 2.75) is 25.3 Å². The molecule has 1 aliphatic heterocycles. The number of ether oxygens (including phenoxy) is 1. The third kappa shape index (κ3) is 4.33. The fraction of sp³-hybridized carbons (Fsp3) is 0.471. The van der Waals surface area contributed by atoms with Gasteiger partial charge in [-0.25, -0.2) is 0 Å². The molecule has 1 atom stereocenters. The van der Waals surface area contributed by atoms with Crippen molar-refractivity contribution in [3.8, 4) is 5.75 Å². The van der Waals surface area contributed by atoms with Crippen LogP contribution in [0.4, 0.5) is 0 Å².